The zero-order chi connectivity index (χ0) is 22.5. The van der Waals surface area contributed by atoms with Crippen molar-refractivity contribution in [2.24, 2.45) is 0 Å². The third kappa shape index (κ3) is 5.22. The molecule has 162 valence electrons. The summed E-state index contributed by atoms with van der Waals surface area (Å²) in [5.74, 6) is 0.696. The first kappa shape index (κ1) is 21.7. The van der Waals surface area contributed by atoms with E-state index >= 15 is 0 Å². The molecule has 0 saturated heterocycles. The van der Waals surface area contributed by atoms with Crippen LogP contribution in [0.1, 0.15) is 20.9 Å². The Bertz CT molecular complexity index is 1210. The molecule has 1 aromatic heterocycles. The van der Waals surface area contributed by atoms with Crippen LogP contribution in [0.4, 0.5) is 5.69 Å². The van der Waals surface area contributed by atoms with Crippen molar-refractivity contribution in [3.8, 4) is 11.5 Å². The summed E-state index contributed by atoms with van der Waals surface area (Å²) < 4.78 is 11.6. The van der Waals surface area contributed by atoms with E-state index in [0.29, 0.717) is 17.1 Å². The second kappa shape index (κ2) is 9.76. The van der Waals surface area contributed by atoms with Crippen molar-refractivity contribution < 1.29 is 14.3 Å². The number of amides is 1. The maximum atomic E-state index is 12.6. The number of benzene rings is 3. The van der Waals surface area contributed by atoms with Gasteiger partial charge in [0.15, 0.2) is 5.11 Å². The van der Waals surface area contributed by atoms with Gasteiger partial charge < -0.3 is 14.8 Å². The lowest BCUT2D eigenvalue weighted by Crippen LogP contribution is -2.34. The van der Waals surface area contributed by atoms with Crippen LogP contribution < -0.4 is 20.1 Å². The van der Waals surface area contributed by atoms with Gasteiger partial charge in [-0.1, -0.05) is 24.3 Å². The van der Waals surface area contributed by atoms with Crippen LogP contribution in [-0.2, 0) is 6.42 Å². The molecular formula is C24H21N3O3S2. The molecule has 0 aliphatic heterocycles. The molecule has 0 aliphatic carbocycles. The molecule has 0 bridgehead atoms. The molecule has 0 atom stereocenters. The molecular weight excluding hydrogens is 442 g/mol. The van der Waals surface area contributed by atoms with Gasteiger partial charge in [-0.05, 0) is 54.2 Å². The van der Waals surface area contributed by atoms with Crippen molar-refractivity contribution in [1.82, 2.24) is 10.3 Å². The zero-order valence-electron chi connectivity index (χ0n) is 17.5. The number of methoxy groups -OCH3 is 2. The van der Waals surface area contributed by atoms with Crippen LogP contribution in [0.15, 0.2) is 66.7 Å². The minimum atomic E-state index is -0.354. The first-order chi connectivity index (χ1) is 15.5. The minimum absolute atomic E-state index is 0.204. The third-order valence-corrected chi connectivity index (χ3v) is 5.99. The second-order valence-electron chi connectivity index (χ2n) is 6.96. The summed E-state index contributed by atoms with van der Waals surface area (Å²) in [7, 11) is 3.06. The summed E-state index contributed by atoms with van der Waals surface area (Å²) in [5.41, 5.74) is 3.34. The predicted octanol–water partition coefficient (Wildman–Crippen LogP) is 5.03. The highest BCUT2D eigenvalue weighted by atomic mass is 32.1. The molecule has 0 fully saturated rings. The number of aromatic nitrogens is 1. The lowest BCUT2D eigenvalue weighted by Gasteiger charge is -2.11. The minimum Gasteiger partial charge on any atom is -0.497 e. The molecule has 0 radical (unpaired) electrons. The molecule has 4 aromatic rings. The van der Waals surface area contributed by atoms with E-state index in [1.54, 1.807) is 29.5 Å². The maximum Gasteiger partial charge on any atom is 0.257 e. The molecule has 1 amide bonds. The monoisotopic (exact) mass is 463 g/mol. The topological polar surface area (TPSA) is 72.5 Å². The lowest BCUT2D eigenvalue weighted by atomic mass is 10.1. The van der Waals surface area contributed by atoms with E-state index in [1.165, 1.54) is 18.9 Å². The lowest BCUT2D eigenvalue weighted by molar-refractivity contribution is 0.0977. The molecule has 0 unspecified atom stereocenters. The molecule has 0 spiro atoms. The van der Waals surface area contributed by atoms with Crippen LogP contribution in [0.5, 0.6) is 11.5 Å². The molecule has 0 aliphatic rings. The Labute approximate surface area is 195 Å². The van der Waals surface area contributed by atoms with E-state index in [-0.39, 0.29) is 11.0 Å². The van der Waals surface area contributed by atoms with Crippen LogP contribution in [0.3, 0.4) is 0 Å². The molecule has 32 heavy (non-hydrogen) atoms. The van der Waals surface area contributed by atoms with Gasteiger partial charge in [0, 0.05) is 23.7 Å². The summed E-state index contributed by atoms with van der Waals surface area (Å²) in [5, 5.41) is 6.99. The van der Waals surface area contributed by atoms with Gasteiger partial charge in [-0.15, -0.1) is 11.3 Å². The van der Waals surface area contributed by atoms with Crippen molar-refractivity contribution >= 4 is 50.5 Å². The number of rotatable bonds is 6. The summed E-state index contributed by atoms with van der Waals surface area (Å²) in [6, 6.07) is 21.0. The first-order valence-electron chi connectivity index (χ1n) is 9.83. The van der Waals surface area contributed by atoms with Gasteiger partial charge in [0.05, 0.1) is 29.4 Å². The van der Waals surface area contributed by atoms with E-state index in [4.69, 9.17) is 21.7 Å². The number of thiazole rings is 1. The fraction of sp³-hybridized carbons (Fsp3) is 0.125. The predicted molar refractivity (Wildman–Crippen MR) is 132 cm³/mol. The Hall–Kier alpha value is -3.49. The molecule has 8 heteroatoms. The van der Waals surface area contributed by atoms with Crippen molar-refractivity contribution in [3.05, 3.63) is 82.9 Å². The Morgan fingerprint density at radius 2 is 1.69 bits per heavy atom. The van der Waals surface area contributed by atoms with Gasteiger partial charge in [0.25, 0.3) is 5.91 Å². The molecule has 2 N–H and O–H groups in total. The molecule has 4 rings (SSSR count). The smallest absolute Gasteiger partial charge is 0.257 e. The summed E-state index contributed by atoms with van der Waals surface area (Å²) in [4.78, 5) is 17.2. The molecule has 3 aromatic carbocycles. The third-order valence-electron chi connectivity index (χ3n) is 4.75. The summed E-state index contributed by atoms with van der Waals surface area (Å²) >= 11 is 7.00. The Kier molecular flexibility index (Phi) is 6.63. The molecule has 0 saturated carbocycles. The Balaban J connectivity index is 1.36. The number of nitrogens with one attached hydrogen (secondary N) is 2. The fourth-order valence-electron chi connectivity index (χ4n) is 3.15. The standard InChI is InChI=1S/C24H21N3O3S2/c1-29-18-12-16(13-19(14-18)30-2)23(28)27-24(31)25-17-9-7-15(8-10-17)11-22-26-20-5-3-4-6-21(20)32-22/h3-10,12-14H,11H2,1-2H3,(H2,25,27,28,31). The van der Waals surface area contributed by atoms with Crippen LogP contribution in [-0.4, -0.2) is 30.2 Å². The highest BCUT2D eigenvalue weighted by molar-refractivity contribution is 7.80. The average Bonchev–Trinajstić information content (AvgIpc) is 3.22. The molecule has 6 nitrogen and oxygen atoms in total. The van der Waals surface area contributed by atoms with Gasteiger partial charge >= 0.3 is 0 Å². The number of hydrogen-bond acceptors (Lipinski definition) is 6. The van der Waals surface area contributed by atoms with E-state index in [0.717, 1.165) is 28.2 Å². The largest absolute Gasteiger partial charge is 0.497 e. The van der Waals surface area contributed by atoms with Crippen molar-refractivity contribution in [2.75, 3.05) is 19.5 Å². The quantitative estimate of drug-likeness (QED) is 0.391. The van der Waals surface area contributed by atoms with Crippen molar-refractivity contribution in [2.45, 2.75) is 6.42 Å². The average molecular weight is 464 g/mol. The number of para-hydroxylation sites is 1. The number of nitrogens with zero attached hydrogens (tertiary/aromatic N) is 1. The summed E-state index contributed by atoms with van der Waals surface area (Å²) in [6.45, 7) is 0. The molecule has 1 heterocycles. The normalized spacial score (nSPS) is 10.6. The highest BCUT2D eigenvalue weighted by Gasteiger charge is 2.12. The maximum absolute atomic E-state index is 12.6. The Morgan fingerprint density at radius 1 is 1.00 bits per heavy atom. The van der Waals surface area contributed by atoms with E-state index in [9.17, 15) is 4.79 Å². The van der Waals surface area contributed by atoms with Crippen molar-refractivity contribution in [3.63, 3.8) is 0 Å². The highest BCUT2D eigenvalue weighted by Crippen LogP contribution is 2.24. The number of ether oxygens (including phenoxy) is 2. The van der Waals surface area contributed by atoms with Crippen LogP contribution in [0.25, 0.3) is 10.2 Å². The number of carbonyl (C=O) groups excluding carboxylic acids is 1. The van der Waals surface area contributed by atoms with Gasteiger partial charge in [-0.25, -0.2) is 4.98 Å². The number of anilines is 1. The van der Waals surface area contributed by atoms with Crippen LogP contribution in [0, 0.1) is 0 Å². The van der Waals surface area contributed by atoms with Gasteiger partial charge in [0.1, 0.15) is 11.5 Å². The van der Waals surface area contributed by atoms with Gasteiger partial charge in [-0.2, -0.15) is 0 Å². The van der Waals surface area contributed by atoms with E-state index < -0.39 is 0 Å². The van der Waals surface area contributed by atoms with Gasteiger partial charge in [0.2, 0.25) is 0 Å². The summed E-state index contributed by atoms with van der Waals surface area (Å²) in [6.07, 6.45) is 0.762. The number of carbonyl (C=O) groups is 1. The van der Waals surface area contributed by atoms with Crippen molar-refractivity contribution in [1.29, 1.82) is 0 Å². The zero-order valence-corrected chi connectivity index (χ0v) is 19.2. The fourth-order valence-corrected chi connectivity index (χ4v) is 4.36. The van der Waals surface area contributed by atoms with E-state index in [1.807, 2.05) is 42.5 Å². The number of hydrogen-bond donors (Lipinski definition) is 2. The van der Waals surface area contributed by atoms with Crippen LogP contribution >= 0.6 is 23.6 Å². The first-order valence-corrected chi connectivity index (χ1v) is 11.1. The van der Waals surface area contributed by atoms with Crippen LogP contribution in [0.2, 0.25) is 0 Å². The SMILES string of the molecule is COc1cc(OC)cc(C(=O)NC(=S)Nc2ccc(Cc3nc4ccccc4s3)cc2)c1. The Morgan fingerprint density at radius 3 is 2.34 bits per heavy atom. The number of thiocarbonyl (C=S) groups is 1. The van der Waals surface area contributed by atoms with Gasteiger partial charge in [-0.3, -0.25) is 10.1 Å². The second-order valence-corrected chi connectivity index (χ2v) is 8.48. The number of fused-ring (bicyclic) bond motifs is 1. The van der Waals surface area contributed by atoms with E-state index in [2.05, 4.69) is 21.7 Å².